The molecule has 19 heavy (non-hydrogen) atoms. The topological polar surface area (TPSA) is 61.8 Å². The van der Waals surface area contributed by atoms with Gasteiger partial charge in [-0.3, -0.25) is 4.57 Å². The second-order valence-electron chi connectivity index (χ2n) is 6.61. The molecule has 0 heterocycles. The molecule has 5 nitrogen and oxygen atoms in total. The van der Waals surface area contributed by atoms with E-state index in [4.69, 9.17) is 9.05 Å². The molecule has 116 valence electrons. The Labute approximate surface area is 117 Å². The summed E-state index contributed by atoms with van der Waals surface area (Å²) in [5.74, 6) is -0.833. The fourth-order valence-corrected chi connectivity index (χ4v) is 4.49. The van der Waals surface area contributed by atoms with Crippen LogP contribution >= 0.6 is 7.60 Å². The Bertz CT molecular complexity index is 310. The third kappa shape index (κ3) is 5.16. The summed E-state index contributed by atoms with van der Waals surface area (Å²) >= 11 is 0. The highest BCUT2D eigenvalue weighted by Gasteiger charge is 2.46. The van der Waals surface area contributed by atoms with Gasteiger partial charge in [0.1, 0.15) is 5.78 Å². The second kappa shape index (κ2) is 6.68. The third-order valence-electron chi connectivity index (χ3n) is 2.58. The van der Waals surface area contributed by atoms with E-state index in [0.717, 1.165) is 5.06 Å². The highest BCUT2D eigenvalue weighted by molar-refractivity contribution is 7.54. The Balaban J connectivity index is 5.64. The predicted molar refractivity (Wildman–Crippen MR) is 79.1 cm³/mol. The van der Waals surface area contributed by atoms with Crippen molar-refractivity contribution >= 4 is 7.60 Å². The summed E-state index contributed by atoms with van der Waals surface area (Å²) in [5, 5.41) is 13.5. The highest BCUT2D eigenvalue weighted by Crippen LogP contribution is 2.60. The number of hydroxylamine groups is 2. The molecule has 0 aliphatic rings. The quantitative estimate of drug-likeness (QED) is 0.542. The second-order valence-corrected chi connectivity index (χ2v) is 8.70. The first-order chi connectivity index (χ1) is 8.40. The lowest BCUT2D eigenvalue weighted by Crippen LogP contribution is -2.50. The molecule has 0 aromatic carbocycles. The molecule has 1 atom stereocenters. The van der Waals surface area contributed by atoms with Gasteiger partial charge in [0.2, 0.25) is 0 Å². The lowest BCUT2D eigenvalue weighted by atomic mass is 9.94. The van der Waals surface area contributed by atoms with E-state index in [9.17, 15) is 9.77 Å². The molecular weight excluding hydrogens is 265 g/mol. The van der Waals surface area contributed by atoms with Gasteiger partial charge >= 0.3 is 7.60 Å². The molecule has 0 aliphatic heterocycles. The maximum Gasteiger partial charge on any atom is 0.347 e. The van der Waals surface area contributed by atoms with Gasteiger partial charge in [0.05, 0.1) is 13.2 Å². The lowest BCUT2D eigenvalue weighted by molar-refractivity contribution is 0.0826. The van der Waals surface area contributed by atoms with Crippen LogP contribution in [0.25, 0.3) is 0 Å². The average molecular weight is 294 g/mol. The van der Waals surface area contributed by atoms with Crippen LogP contribution in [0.15, 0.2) is 0 Å². The minimum absolute atomic E-state index is 0.252. The van der Waals surface area contributed by atoms with Crippen LogP contribution in [-0.2, 0) is 13.6 Å². The SMILES string of the molecule is CCOP(=O)(OCC)C(N([O-])C(C)(C)C)C(C)(C)C. The van der Waals surface area contributed by atoms with Gasteiger partial charge in [-0.1, -0.05) is 20.8 Å². The molecule has 0 bridgehead atoms. The molecule has 0 spiro atoms. The van der Waals surface area contributed by atoms with E-state index in [2.05, 4.69) is 0 Å². The van der Waals surface area contributed by atoms with Gasteiger partial charge in [0, 0.05) is 5.54 Å². The van der Waals surface area contributed by atoms with Crippen molar-refractivity contribution in [3.8, 4) is 0 Å². The first kappa shape index (κ1) is 19.1. The molecule has 0 aromatic rings. The van der Waals surface area contributed by atoms with Gasteiger partial charge in [-0.25, -0.2) is 0 Å². The van der Waals surface area contributed by atoms with Crippen LogP contribution in [-0.4, -0.2) is 29.6 Å². The minimum atomic E-state index is -3.49. The molecule has 0 aliphatic carbocycles. The van der Waals surface area contributed by atoms with Crippen molar-refractivity contribution in [3.05, 3.63) is 5.21 Å². The molecule has 0 radical (unpaired) electrons. The standard InChI is InChI=1S/C13H29NO4P/c1-9-17-19(16,18-10-2)11(12(3,4)5)14(15)13(6,7)8/h11H,9-10H2,1-8H3/q-1. The Morgan fingerprint density at radius 1 is 1.05 bits per heavy atom. The molecule has 0 fully saturated rings. The van der Waals surface area contributed by atoms with E-state index in [1.54, 1.807) is 34.6 Å². The summed E-state index contributed by atoms with van der Waals surface area (Å²) in [5.41, 5.74) is -1.18. The van der Waals surface area contributed by atoms with E-state index >= 15 is 0 Å². The summed E-state index contributed by atoms with van der Waals surface area (Å²) < 4.78 is 23.7. The van der Waals surface area contributed by atoms with Gasteiger partial charge in [-0.05, 0) is 40.0 Å². The van der Waals surface area contributed by atoms with Crippen LogP contribution in [0.1, 0.15) is 55.4 Å². The van der Waals surface area contributed by atoms with Crippen molar-refractivity contribution in [1.82, 2.24) is 5.06 Å². The van der Waals surface area contributed by atoms with E-state index in [1.165, 1.54) is 0 Å². The first-order valence-electron chi connectivity index (χ1n) is 6.75. The Morgan fingerprint density at radius 2 is 1.42 bits per heavy atom. The molecule has 6 heteroatoms. The molecular formula is C13H29NO4P-. The van der Waals surface area contributed by atoms with E-state index in [1.807, 2.05) is 20.8 Å². The molecule has 0 saturated heterocycles. The molecule has 0 amide bonds. The molecule has 0 saturated carbocycles. The molecule has 0 N–H and O–H groups in total. The van der Waals surface area contributed by atoms with Crippen molar-refractivity contribution < 1.29 is 13.6 Å². The van der Waals surface area contributed by atoms with Crippen LogP contribution < -0.4 is 0 Å². The van der Waals surface area contributed by atoms with Crippen molar-refractivity contribution in [2.45, 2.75) is 66.7 Å². The summed E-state index contributed by atoms with van der Waals surface area (Å²) in [6.45, 7) is 15.0. The van der Waals surface area contributed by atoms with Crippen molar-refractivity contribution in [2.75, 3.05) is 13.2 Å². The molecule has 0 aromatic heterocycles. The Kier molecular flexibility index (Phi) is 6.71. The number of nitrogens with zero attached hydrogens (tertiary/aromatic N) is 1. The monoisotopic (exact) mass is 294 g/mol. The van der Waals surface area contributed by atoms with Gasteiger partial charge < -0.3 is 19.3 Å². The van der Waals surface area contributed by atoms with Crippen LogP contribution in [0, 0.1) is 10.6 Å². The van der Waals surface area contributed by atoms with Gasteiger partial charge in [0.15, 0.2) is 0 Å². The van der Waals surface area contributed by atoms with E-state index in [0.29, 0.717) is 0 Å². The number of hydrogen-bond donors (Lipinski definition) is 0. The molecule has 0 rings (SSSR count). The van der Waals surface area contributed by atoms with Crippen molar-refractivity contribution in [1.29, 1.82) is 0 Å². The van der Waals surface area contributed by atoms with E-state index in [-0.39, 0.29) is 13.2 Å². The zero-order chi connectivity index (χ0) is 15.5. The zero-order valence-electron chi connectivity index (χ0n) is 13.5. The smallest absolute Gasteiger partial charge is 0.347 e. The van der Waals surface area contributed by atoms with E-state index < -0.39 is 24.3 Å². The highest BCUT2D eigenvalue weighted by atomic mass is 31.2. The van der Waals surface area contributed by atoms with Crippen LogP contribution in [0.5, 0.6) is 0 Å². The van der Waals surface area contributed by atoms with Gasteiger partial charge in [0.25, 0.3) is 0 Å². The lowest BCUT2D eigenvalue weighted by Gasteiger charge is -2.53. The summed E-state index contributed by atoms with van der Waals surface area (Å²) in [6.07, 6.45) is 0. The fraction of sp³-hybridized carbons (Fsp3) is 1.00. The summed E-state index contributed by atoms with van der Waals surface area (Å²) in [7, 11) is -3.49. The normalized spacial score (nSPS) is 15.9. The number of rotatable bonds is 6. The first-order valence-corrected chi connectivity index (χ1v) is 8.36. The minimum Gasteiger partial charge on any atom is -0.784 e. The van der Waals surface area contributed by atoms with Crippen LogP contribution in [0.3, 0.4) is 0 Å². The Morgan fingerprint density at radius 3 is 1.63 bits per heavy atom. The van der Waals surface area contributed by atoms with Gasteiger partial charge in [-0.15, -0.1) is 0 Å². The summed E-state index contributed by atoms with van der Waals surface area (Å²) in [6, 6.07) is 0. The third-order valence-corrected chi connectivity index (χ3v) is 5.40. The zero-order valence-corrected chi connectivity index (χ0v) is 14.4. The maximum atomic E-state index is 13.0. The fourth-order valence-electron chi connectivity index (χ4n) is 1.86. The van der Waals surface area contributed by atoms with Crippen molar-refractivity contribution in [2.24, 2.45) is 5.41 Å². The van der Waals surface area contributed by atoms with Crippen LogP contribution in [0.2, 0.25) is 0 Å². The molecule has 1 unspecified atom stereocenters. The largest absolute Gasteiger partial charge is 0.784 e. The number of hydrogen-bond acceptors (Lipinski definition) is 5. The summed E-state index contributed by atoms with van der Waals surface area (Å²) in [4.78, 5) is 0. The van der Waals surface area contributed by atoms with Crippen LogP contribution in [0.4, 0.5) is 0 Å². The maximum absolute atomic E-state index is 13.0. The Hall–Kier alpha value is 0.0700. The average Bonchev–Trinajstić information content (AvgIpc) is 2.13. The van der Waals surface area contributed by atoms with Crippen molar-refractivity contribution in [3.63, 3.8) is 0 Å². The van der Waals surface area contributed by atoms with Gasteiger partial charge in [-0.2, -0.15) is 0 Å². The predicted octanol–water partition coefficient (Wildman–Crippen LogP) is 4.22.